The van der Waals surface area contributed by atoms with Gasteiger partial charge in [0.1, 0.15) is 0 Å². The Morgan fingerprint density at radius 3 is 2.92 bits per heavy atom. The van der Waals surface area contributed by atoms with Gasteiger partial charge in [-0.3, -0.25) is 0 Å². The number of rotatable bonds is 2. The number of benzene rings is 1. The van der Waals surface area contributed by atoms with Gasteiger partial charge >= 0.3 is 0 Å². The van der Waals surface area contributed by atoms with Gasteiger partial charge in [-0.25, -0.2) is 0 Å². The molecule has 1 aromatic carbocycles. The van der Waals surface area contributed by atoms with E-state index in [9.17, 15) is 0 Å². The van der Waals surface area contributed by atoms with Crippen molar-refractivity contribution in [2.75, 3.05) is 6.54 Å². The molecule has 1 aliphatic heterocycles. The van der Waals surface area contributed by atoms with E-state index >= 15 is 0 Å². The molecule has 2 N–H and O–H groups in total. The summed E-state index contributed by atoms with van der Waals surface area (Å²) in [5.74, 6) is 0. The lowest BCUT2D eigenvalue weighted by Crippen LogP contribution is -2.05. The maximum absolute atomic E-state index is 5.58. The molecule has 1 atom stereocenters. The van der Waals surface area contributed by atoms with Crippen molar-refractivity contribution in [1.29, 1.82) is 0 Å². The van der Waals surface area contributed by atoms with Crippen molar-refractivity contribution in [3.63, 3.8) is 0 Å². The first-order chi connectivity index (χ1) is 5.92. The molecule has 2 rings (SSSR count). The molecule has 13 heavy (non-hydrogen) atoms. The lowest BCUT2D eigenvalue weighted by molar-refractivity contribution is 0.0619. The summed E-state index contributed by atoms with van der Waals surface area (Å²) in [6.45, 7) is 1.44. The normalized spacial score (nSPS) is 19.3. The Hall–Kier alpha value is -0.570. The van der Waals surface area contributed by atoms with Crippen molar-refractivity contribution in [2.24, 2.45) is 5.73 Å². The van der Waals surface area contributed by atoms with E-state index < -0.39 is 0 Å². The maximum Gasteiger partial charge on any atom is 0.0845 e. The second kappa shape index (κ2) is 4.61. The minimum atomic E-state index is 0. The summed E-state index contributed by atoms with van der Waals surface area (Å²) in [5.41, 5.74) is 8.12. The third-order valence-corrected chi connectivity index (χ3v) is 2.27. The fourth-order valence-electron chi connectivity index (χ4n) is 1.65. The smallest absolute Gasteiger partial charge is 0.0845 e. The van der Waals surface area contributed by atoms with Gasteiger partial charge in [0.25, 0.3) is 0 Å². The van der Waals surface area contributed by atoms with E-state index in [1.54, 1.807) is 0 Å². The van der Waals surface area contributed by atoms with Gasteiger partial charge in [0.2, 0.25) is 0 Å². The molecule has 0 radical (unpaired) electrons. The van der Waals surface area contributed by atoms with Crippen LogP contribution in [0.15, 0.2) is 24.3 Å². The largest absolute Gasteiger partial charge is 0.369 e. The molecular formula is C10H14ClNO. The van der Waals surface area contributed by atoms with Crippen molar-refractivity contribution >= 4 is 12.4 Å². The molecule has 0 bridgehead atoms. The molecule has 1 aromatic rings. The highest BCUT2D eigenvalue weighted by Crippen LogP contribution is 2.31. The average Bonchev–Trinajstić information content (AvgIpc) is 2.50. The zero-order valence-corrected chi connectivity index (χ0v) is 8.22. The minimum Gasteiger partial charge on any atom is -0.369 e. The summed E-state index contributed by atoms with van der Waals surface area (Å²) in [5, 5.41) is 0. The summed E-state index contributed by atoms with van der Waals surface area (Å²) in [4.78, 5) is 0. The van der Waals surface area contributed by atoms with Crippen molar-refractivity contribution in [2.45, 2.75) is 19.1 Å². The van der Waals surface area contributed by atoms with Gasteiger partial charge in [0.05, 0.1) is 12.7 Å². The minimum absolute atomic E-state index is 0. The number of hydrogen-bond donors (Lipinski definition) is 1. The fourth-order valence-corrected chi connectivity index (χ4v) is 1.65. The molecule has 0 saturated carbocycles. The highest BCUT2D eigenvalue weighted by Gasteiger charge is 2.21. The zero-order chi connectivity index (χ0) is 8.39. The quantitative estimate of drug-likeness (QED) is 0.791. The van der Waals surface area contributed by atoms with E-state index in [2.05, 4.69) is 18.2 Å². The van der Waals surface area contributed by atoms with Crippen LogP contribution in [0.2, 0.25) is 0 Å². The lowest BCUT2D eigenvalue weighted by atomic mass is 10.0. The summed E-state index contributed by atoms with van der Waals surface area (Å²) in [6.07, 6.45) is 1.17. The zero-order valence-electron chi connectivity index (χ0n) is 7.40. The van der Waals surface area contributed by atoms with Gasteiger partial charge in [0, 0.05) is 0 Å². The molecule has 72 valence electrons. The summed E-state index contributed by atoms with van der Waals surface area (Å²) < 4.78 is 5.58. The molecule has 1 unspecified atom stereocenters. The second-order valence-electron chi connectivity index (χ2n) is 3.08. The van der Waals surface area contributed by atoms with Gasteiger partial charge < -0.3 is 10.5 Å². The van der Waals surface area contributed by atoms with Gasteiger partial charge in [-0.2, -0.15) is 0 Å². The Kier molecular flexibility index (Phi) is 3.72. The highest BCUT2D eigenvalue weighted by molar-refractivity contribution is 5.85. The van der Waals surface area contributed by atoms with E-state index in [4.69, 9.17) is 10.5 Å². The Morgan fingerprint density at radius 1 is 1.38 bits per heavy atom. The highest BCUT2D eigenvalue weighted by atomic mass is 35.5. The van der Waals surface area contributed by atoms with E-state index in [1.807, 2.05) is 6.07 Å². The van der Waals surface area contributed by atoms with Crippen LogP contribution in [0.3, 0.4) is 0 Å². The maximum atomic E-state index is 5.58. The monoisotopic (exact) mass is 199 g/mol. The topological polar surface area (TPSA) is 35.2 Å². The van der Waals surface area contributed by atoms with Crippen LogP contribution in [0, 0.1) is 0 Å². The van der Waals surface area contributed by atoms with E-state index in [0.717, 1.165) is 13.0 Å². The molecule has 0 aliphatic carbocycles. The summed E-state index contributed by atoms with van der Waals surface area (Å²) in [6, 6.07) is 8.35. The molecule has 0 amide bonds. The Morgan fingerprint density at radius 2 is 2.15 bits per heavy atom. The molecule has 3 heteroatoms. The molecule has 2 nitrogen and oxygen atoms in total. The molecule has 0 aromatic heterocycles. The predicted molar refractivity (Wildman–Crippen MR) is 54.9 cm³/mol. The fraction of sp³-hybridized carbons (Fsp3) is 0.400. The molecule has 1 heterocycles. The second-order valence-corrected chi connectivity index (χ2v) is 3.08. The average molecular weight is 200 g/mol. The van der Waals surface area contributed by atoms with Crippen molar-refractivity contribution in [3.05, 3.63) is 35.4 Å². The molecule has 1 aliphatic rings. The van der Waals surface area contributed by atoms with Crippen LogP contribution in [0.1, 0.15) is 23.7 Å². The first-order valence-corrected chi connectivity index (χ1v) is 4.31. The van der Waals surface area contributed by atoms with Crippen molar-refractivity contribution in [3.8, 4) is 0 Å². The summed E-state index contributed by atoms with van der Waals surface area (Å²) >= 11 is 0. The van der Waals surface area contributed by atoms with Crippen molar-refractivity contribution < 1.29 is 4.74 Å². The number of ether oxygens (including phenoxy) is 1. The van der Waals surface area contributed by atoms with Crippen LogP contribution in [0.5, 0.6) is 0 Å². The van der Waals surface area contributed by atoms with Crippen molar-refractivity contribution in [1.82, 2.24) is 0 Å². The predicted octanol–water partition coefficient (Wildman–Crippen LogP) is 2.03. The standard InChI is InChI=1S/C10H13NO.ClH/c11-6-5-10-9-4-2-1-3-8(9)7-12-10;/h1-4,10H,5-7,11H2;1H. The van der Waals surface area contributed by atoms with Gasteiger partial charge in [-0.1, -0.05) is 24.3 Å². The van der Waals surface area contributed by atoms with Gasteiger partial charge in [-0.15, -0.1) is 12.4 Å². The van der Waals surface area contributed by atoms with Crippen LogP contribution in [-0.2, 0) is 11.3 Å². The van der Waals surface area contributed by atoms with E-state index in [1.165, 1.54) is 11.1 Å². The first kappa shape index (κ1) is 10.5. The Balaban J connectivity index is 0.000000845. The third-order valence-electron chi connectivity index (χ3n) is 2.27. The molecule has 0 saturated heterocycles. The first-order valence-electron chi connectivity index (χ1n) is 4.31. The summed E-state index contributed by atoms with van der Waals surface area (Å²) in [7, 11) is 0. The van der Waals surface area contributed by atoms with Crippen LogP contribution in [0.25, 0.3) is 0 Å². The van der Waals surface area contributed by atoms with Gasteiger partial charge in [-0.05, 0) is 24.1 Å². The van der Waals surface area contributed by atoms with E-state index in [-0.39, 0.29) is 18.5 Å². The number of fused-ring (bicyclic) bond motifs is 1. The van der Waals surface area contributed by atoms with Crippen LogP contribution in [-0.4, -0.2) is 6.54 Å². The Bertz CT molecular complexity index is 275. The molecule has 0 fully saturated rings. The van der Waals surface area contributed by atoms with Crippen LogP contribution in [0.4, 0.5) is 0 Å². The lowest BCUT2D eigenvalue weighted by Gasteiger charge is -2.08. The molecule has 0 spiro atoms. The van der Waals surface area contributed by atoms with E-state index in [0.29, 0.717) is 6.54 Å². The Labute approximate surface area is 84.5 Å². The SMILES string of the molecule is Cl.NCCC1OCc2ccccc21. The number of hydrogen-bond acceptors (Lipinski definition) is 2. The third kappa shape index (κ3) is 2.02. The van der Waals surface area contributed by atoms with Crippen LogP contribution >= 0.6 is 12.4 Å². The number of nitrogens with two attached hydrogens (primary N) is 1. The number of halogens is 1. The molecular weight excluding hydrogens is 186 g/mol. The van der Waals surface area contributed by atoms with Gasteiger partial charge in [0.15, 0.2) is 0 Å². The van der Waals surface area contributed by atoms with Crippen LogP contribution < -0.4 is 5.73 Å².